The van der Waals surface area contributed by atoms with E-state index in [0.29, 0.717) is 20.4 Å². The standard InChI is InChI=1S/C11H13Cl2N5S/c12-8-4-7(9(13)19-8)10-15-11(17-16-10)18-3-1-2-6(14)5-18/h4,6H,1-3,5,14H2,(H,15,16,17). The summed E-state index contributed by atoms with van der Waals surface area (Å²) in [5, 5.41) is 7.15. The monoisotopic (exact) mass is 317 g/mol. The maximum absolute atomic E-state index is 6.11. The fourth-order valence-corrected chi connectivity index (χ4v) is 3.67. The minimum Gasteiger partial charge on any atom is -0.338 e. The van der Waals surface area contributed by atoms with Gasteiger partial charge in [0.25, 0.3) is 0 Å². The van der Waals surface area contributed by atoms with Crippen LogP contribution in [0.2, 0.25) is 8.67 Å². The molecule has 0 bridgehead atoms. The Balaban J connectivity index is 1.85. The number of thiophene rings is 1. The number of nitrogens with zero attached hydrogens (tertiary/aromatic N) is 3. The summed E-state index contributed by atoms with van der Waals surface area (Å²) in [5.74, 6) is 1.31. The van der Waals surface area contributed by atoms with E-state index in [1.54, 1.807) is 6.07 Å². The number of aromatic nitrogens is 3. The van der Waals surface area contributed by atoms with Crippen molar-refractivity contribution in [3.8, 4) is 11.4 Å². The Morgan fingerprint density at radius 1 is 1.47 bits per heavy atom. The number of anilines is 1. The molecule has 0 amide bonds. The molecule has 8 heteroatoms. The van der Waals surface area contributed by atoms with Crippen LogP contribution in [0.3, 0.4) is 0 Å². The molecule has 0 aromatic carbocycles. The zero-order chi connectivity index (χ0) is 13.4. The number of nitrogens with one attached hydrogen (secondary N) is 1. The highest BCUT2D eigenvalue weighted by Gasteiger charge is 2.21. The molecule has 3 heterocycles. The third-order valence-electron chi connectivity index (χ3n) is 3.13. The summed E-state index contributed by atoms with van der Waals surface area (Å²) in [7, 11) is 0. The third kappa shape index (κ3) is 2.72. The second kappa shape index (κ2) is 5.28. The SMILES string of the molecule is NC1CCCN(c2n[nH]c(-c3cc(Cl)sc3Cl)n2)C1. The van der Waals surface area contributed by atoms with Crippen molar-refractivity contribution in [2.45, 2.75) is 18.9 Å². The van der Waals surface area contributed by atoms with Gasteiger partial charge in [-0.05, 0) is 18.9 Å². The molecule has 3 N–H and O–H groups in total. The van der Waals surface area contributed by atoms with Gasteiger partial charge in [-0.25, -0.2) is 0 Å². The lowest BCUT2D eigenvalue weighted by molar-refractivity contribution is 0.500. The van der Waals surface area contributed by atoms with Crippen LogP contribution in [0.25, 0.3) is 11.4 Å². The van der Waals surface area contributed by atoms with Gasteiger partial charge >= 0.3 is 0 Å². The Hall–Kier alpha value is -0.820. The topological polar surface area (TPSA) is 70.8 Å². The van der Waals surface area contributed by atoms with Gasteiger partial charge in [0.1, 0.15) is 4.34 Å². The maximum Gasteiger partial charge on any atom is 0.245 e. The number of hydrogen-bond acceptors (Lipinski definition) is 5. The van der Waals surface area contributed by atoms with Crippen LogP contribution in [0.1, 0.15) is 12.8 Å². The number of piperidine rings is 1. The Bertz CT molecular complexity index is 581. The minimum atomic E-state index is 0.190. The van der Waals surface area contributed by atoms with E-state index in [4.69, 9.17) is 28.9 Å². The highest BCUT2D eigenvalue weighted by atomic mass is 35.5. The molecule has 3 rings (SSSR count). The van der Waals surface area contributed by atoms with Crippen LogP contribution < -0.4 is 10.6 Å². The fourth-order valence-electron chi connectivity index (χ4n) is 2.21. The van der Waals surface area contributed by atoms with Crippen molar-refractivity contribution in [2.75, 3.05) is 18.0 Å². The molecule has 0 spiro atoms. The molecule has 19 heavy (non-hydrogen) atoms. The van der Waals surface area contributed by atoms with Crippen LogP contribution in [-0.2, 0) is 0 Å². The first-order chi connectivity index (χ1) is 9.13. The minimum absolute atomic E-state index is 0.190. The summed E-state index contributed by atoms with van der Waals surface area (Å²) in [6.07, 6.45) is 2.12. The molecular formula is C11H13Cl2N5S. The highest BCUT2D eigenvalue weighted by molar-refractivity contribution is 7.20. The largest absolute Gasteiger partial charge is 0.338 e. The third-order valence-corrected chi connectivity index (χ3v) is 4.61. The maximum atomic E-state index is 6.11. The first kappa shape index (κ1) is 13.2. The van der Waals surface area contributed by atoms with E-state index in [-0.39, 0.29) is 6.04 Å². The van der Waals surface area contributed by atoms with Crippen LogP contribution in [0.5, 0.6) is 0 Å². The van der Waals surface area contributed by atoms with Crippen molar-refractivity contribution in [1.29, 1.82) is 0 Å². The molecule has 1 atom stereocenters. The molecule has 0 saturated carbocycles. The van der Waals surface area contributed by atoms with E-state index < -0.39 is 0 Å². The Morgan fingerprint density at radius 2 is 2.32 bits per heavy atom. The fraction of sp³-hybridized carbons (Fsp3) is 0.455. The Labute approximate surface area is 124 Å². The van der Waals surface area contributed by atoms with Gasteiger partial charge in [0, 0.05) is 24.7 Å². The zero-order valence-corrected chi connectivity index (χ0v) is 12.4. The van der Waals surface area contributed by atoms with Crippen molar-refractivity contribution < 1.29 is 0 Å². The van der Waals surface area contributed by atoms with Gasteiger partial charge < -0.3 is 10.6 Å². The summed E-state index contributed by atoms with van der Waals surface area (Å²) in [6, 6.07) is 1.98. The average Bonchev–Trinajstić information content (AvgIpc) is 2.96. The molecule has 102 valence electrons. The summed E-state index contributed by atoms with van der Waals surface area (Å²) >= 11 is 13.4. The summed E-state index contributed by atoms with van der Waals surface area (Å²) in [5.41, 5.74) is 6.75. The van der Waals surface area contributed by atoms with Crippen molar-refractivity contribution in [3.05, 3.63) is 14.7 Å². The normalized spacial score (nSPS) is 19.9. The van der Waals surface area contributed by atoms with Gasteiger partial charge in [0.05, 0.1) is 4.34 Å². The molecule has 1 aliphatic heterocycles. The highest BCUT2D eigenvalue weighted by Crippen LogP contribution is 2.37. The van der Waals surface area contributed by atoms with Crippen molar-refractivity contribution in [1.82, 2.24) is 15.2 Å². The van der Waals surface area contributed by atoms with Crippen molar-refractivity contribution in [3.63, 3.8) is 0 Å². The predicted octanol–water partition coefficient (Wildman–Crippen LogP) is 2.77. The number of nitrogens with two attached hydrogens (primary N) is 1. The van der Waals surface area contributed by atoms with Crippen molar-refractivity contribution >= 4 is 40.5 Å². The van der Waals surface area contributed by atoms with E-state index in [1.165, 1.54) is 11.3 Å². The van der Waals surface area contributed by atoms with Gasteiger partial charge in [0.15, 0.2) is 5.82 Å². The molecular weight excluding hydrogens is 305 g/mol. The van der Waals surface area contributed by atoms with Gasteiger partial charge in [0.2, 0.25) is 5.95 Å². The molecule has 1 aliphatic rings. The van der Waals surface area contributed by atoms with E-state index in [2.05, 4.69) is 20.1 Å². The number of H-pyrrole nitrogens is 1. The quantitative estimate of drug-likeness (QED) is 0.893. The second-order valence-corrected chi connectivity index (χ2v) is 6.86. The lowest BCUT2D eigenvalue weighted by Crippen LogP contribution is -2.43. The molecule has 0 aliphatic carbocycles. The van der Waals surface area contributed by atoms with Crippen LogP contribution in [0, 0.1) is 0 Å². The number of hydrogen-bond donors (Lipinski definition) is 2. The number of aromatic amines is 1. The molecule has 1 unspecified atom stereocenters. The lowest BCUT2D eigenvalue weighted by atomic mass is 10.1. The molecule has 2 aromatic heterocycles. The van der Waals surface area contributed by atoms with Gasteiger partial charge in [-0.2, -0.15) is 4.98 Å². The number of halogens is 2. The molecule has 1 saturated heterocycles. The van der Waals surface area contributed by atoms with E-state index >= 15 is 0 Å². The van der Waals surface area contributed by atoms with E-state index in [1.807, 2.05) is 0 Å². The zero-order valence-electron chi connectivity index (χ0n) is 10.1. The molecule has 0 radical (unpaired) electrons. The summed E-state index contributed by atoms with van der Waals surface area (Å²) < 4.78 is 1.25. The van der Waals surface area contributed by atoms with Crippen LogP contribution in [0.4, 0.5) is 5.95 Å². The smallest absolute Gasteiger partial charge is 0.245 e. The second-order valence-electron chi connectivity index (χ2n) is 4.57. The summed E-state index contributed by atoms with van der Waals surface area (Å²) in [4.78, 5) is 6.57. The Kier molecular flexibility index (Phi) is 3.66. The number of rotatable bonds is 2. The average molecular weight is 318 g/mol. The lowest BCUT2D eigenvalue weighted by Gasteiger charge is -2.29. The molecule has 1 fully saturated rings. The van der Waals surface area contributed by atoms with Gasteiger partial charge in [-0.1, -0.05) is 23.2 Å². The van der Waals surface area contributed by atoms with E-state index in [0.717, 1.165) is 31.5 Å². The first-order valence-corrected chi connectivity index (χ1v) is 7.59. The van der Waals surface area contributed by atoms with Gasteiger partial charge in [-0.3, -0.25) is 5.10 Å². The Morgan fingerprint density at radius 3 is 3.00 bits per heavy atom. The molecule has 5 nitrogen and oxygen atoms in total. The van der Waals surface area contributed by atoms with E-state index in [9.17, 15) is 0 Å². The summed E-state index contributed by atoms with van der Waals surface area (Å²) in [6.45, 7) is 1.72. The first-order valence-electron chi connectivity index (χ1n) is 6.01. The van der Waals surface area contributed by atoms with Crippen LogP contribution in [-0.4, -0.2) is 34.3 Å². The molecule has 2 aromatic rings. The van der Waals surface area contributed by atoms with Crippen LogP contribution >= 0.6 is 34.5 Å². The predicted molar refractivity (Wildman–Crippen MR) is 79.1 cm³/mol. The van der Waals surface area contributed by atoms with Gasteiger partial charge in [-0.15, -0.1) is 16.4 Å². The van der Waals surface area contributed by atoms with Crippen molar-refractivity contribution in [2.24, 2.45) is 5.73 Å². The van der Waals surface area contributed by atoms with Crippen LogP contribution in [0.15, 0.2) is 6.07 Å².